The highest BCUT2D eigenvalue weighted by Crippen LogP contribution is 2.28. The molecule has 0 radical (unpaired) electrons. The summed E-state index contributed by atoms with van der Waals surface area (Å²) in [4.78, 5) is 0. The minimum Gasteiger partial charge on any atom is -0.459 e. The smallest absolute Gasteiger partial charge is 0.137 e. The van der Waals surface area contributed by atoms with Gasteiger partial charge < -0.3 is 9.73 Å². The number of aromatic nitrogens is 2. The summed E-state index contributed by atoms with van der Waals surface area (Å²) >= 11 is 0. The average molecular weight is 275 g/mol. The quantitative estimate of drug-likeness (QED) is 0.838. The Hall–Kier alpha value is -1.55. The van der Waals surface area contributed by atoms with Gasteiger partial charge in [0.15, 0.2) is 0 Å². The van der Waals surface area contributed by atoms with Crippen molar-refractivity contribution in [2.75, 3.05) is 6.54 Å². The largest absolute Gasteiger partial charge is 0.459 e. The number of nitrogens with zero attached hydrogens (tertiary/aromatic N) is 2. The highest BCUT2D eigenvalue weighted by molar-refractivity contribution is 5.59. The predicted molar refractivity (Wildman–Crippen MR) is 81.6 cm³/mol. The van der Waals surface area contributed by atoms with E-state index in [4.69, 9.17) is 4.42 Å². The van der Waals surface area contributed by atoms with Gasteiger partial charge >= 0.3 is 0 Å². The fraction of sp³-hybridized carbons (Fsp3) is 0.562. The Morgan fingerprint density at radius 2 is 2.10 bits per heavy atom. The van der Waals surface area contributed by atoms with Crippen molar-refractivity contribution in [3.63, 3.8) is 0 Å². The molecular weight excluding hydrogens is 250 g/mol. The zero-order valence-electron chi connectivity index (χ0n) is 12.9. The van der Waals surface area contributed by atoms with Gasteiger partial charge in [-0.2, -0.15) is 5.10 Å². The summed E-state index contributed by atoms with van der Waals surface area (Å²) in [6.07, 6.45) is 5.10. The monoisotopic (exact) mass is 275 g/mol. The lowest BCUT2D eigenvalue weighted by Gasteiger charge is -2.13. The number of aryl methyl sites for hydroxylation is 2. The van der Waals surface area contributed by atoms with Crippen LogP contribution in [0.25, 0.3) is 11.3 Å². The van der Waals surface area contributed by atoms with Crippen molar-refractivity contribution < 1.29 is 4.42 Å². The van der Waals surface area contributed by atoms with E-state index >= 15 is 0 Å². The summed E-state index contributed by atoms with van der Waals surface area (Å²) in [5.74, 6) is 1.93. The van der Waals surface area contributed by atoms with Gasteiger partial charge in [0.1, 0.15) is 11.5 Å². The first kappa shape index (κ1) is 14.9. The van der Waals surface area contributed by atoms with Gasteiger partial charge in [0, 0.05) is 13.2 Å². The van der Waals surface area contributed by atoms with Gasteiger partial charge in [0.05, 0.1) is 17.3 Å². The number of hydrogen-bond donors (Lipinski definition) is 1. The summed E-state index contributed by atoms with van der Waals surface area (Å²) in [7, 11) is 1.95. The first-order valence-corrected chi connectivity index (χ1v) is 7.55. The lowest BCUT2D eigenvalue weighted by molar-refractivity contribution is 0.411. The standard InChI is InChI=1S/C16H25N3O/c1-5-10-17-14(7-3)16-9-8-15(20-16)12-11-19(4)18-13(12)6-2/h8-9,11,14,17H,5-7,10H2,1-4H3. The van der Waals surface area contributed by atoms with Crippen LogP contribution in [0.4, 0.5) is 0 Å². The van der Waals surface area contributed by atoms with Crippen LogP contribution in [0.5, 0.6) is 0 Å². The molecule has 20 heavy (non-hydrogen) atoms. The number of rotatable bonds is 7. The highest BCUT2D eigenvalue weighted by Gasteiger charge is 2.16. The van der Waals surface area contributed by atoms with E-state index in [-0.39, 0.29) is 0 Å². The molecule has 0 saturated heterocycles. The Morgan fingerprint density at radius 1 is 1.30 bits per heavy atom. The van der Waals surface area contributed by atoms with Gasteiger partial charge in [-0.3, -0.25) is 4.68 Å². The van der Waals surface area contributed by atoms with Crippen molar-refractivity contribution in [3.05, 3.63) is 29.8 Å². The van der Waals surface area contributed by atoms with Crippen LogP contribution >= 0.6 is 0 Å². The highest BCUT2D eigenvalue weighted by atomic mass is 16.3. The van der Waals surface area contributed by atoms with Crippen LogP contribution in [0.15, 0.2) is 22.7 Å². The lowest BCUT2D eigenvalue weighted by Crippen LogP contribution is -2.20. The van der Waals surface area contributed by atoms with Crippen LogP contribution in [0.1, 0.15) is 51.1 Å². The Kier molecular flexibility index (Phi) is 5.01. The predicted octanol–water partition coefficient (Wildman–Crippen LogP) is 3.69. The van der Waals surface area contributed by atoms with Crippen LogP contribution in [0, 0.1) is 0 Å². The third kappa shape index (κ3) is 3.12. The number of furan rings is 1. The molecule has 1 atom stereocenters. The fourth-order valence-corrected chi connectivity index (χ4v) is 2.45. The van der Waals surface area contributed by atoms with Gasteiger partial charge in [0.25, 0.3) is 0 Å². The maximum absolute atomic E-state index is 6.06. The molecular formula is C16H25N3O. The van der Waals surface area contributed by atoms with Crippen molar-refractivity contribution >= 4 is 0 Å². The van der Waals surface area contributed by atoms with E-state index < -0.39 is 0 Å². The van der Waals surface area contributed by atoms with Gasteiger partial charge in [-0.1, -0.05) is 20.8 Å². The van der Waals surface area contributed by atoms with Gasteiger partial charge in [-0.05, 0) is 37.9 Å². The van der Waals surface area contributed by atoms with Crippen LogP contribution in [0.3, 0.4) is 0 Å². The van der Waals surface area contributed by atoms with Crippen LogP contribution in [0.2, 0.25) is 0 Å². The van der Waals surface area contributed by atoms with Crippen LogP contribution in [-0.4, -0.2) is 16.3 Å². The second-order valence-corrected chi connectivity index (χ2v) is 5.13. The first-order chi connectivity index (χ1) is 9.69. The molecule has 0 aliphatic rings. The normalized spacial score (nSPS) is 12.8. The molecule has 0 fully saturated rings. The third-order valence-electron chi connectivity index (χ3n) is 3.52. The van der Waals surface area contributed by atoms with E-state index in [1.807, 2.05) is 17.9 Å². The van der Waals surface area contributed by atoms with E-state index in [0.717, 1.165) is 48.6 Å². The summed E-state index contributed by atoms with van der Waals surface area (Å²) in [6.45, 7) is 7.49. The molecule has 0 amide bonds. The summed E-state index contributed by atoms with van der Waals surface area (Å²) in [6, 6.07) is 4.44. The maximum atomic E-state index is 6.06. The van der Waals surface area contributed by atoms with E-state index in [9.17, 15) is 0 Å². The molecule has 0 saturated carbocycles. The lowest BCUT2D eigenvalue weighted by atomic mass is 10.1. The van der Waals surface area contributed by atoms with Crippen molar-refractivity contribution in [1.29, 1.82) is 0 Å². The number of nitrogens with one attached hydrogen (secondary N) is 1. The zero-order chi connectivity index (χ0) is 14.5. The molecule has 1 unspecified atom stereocenters. The van der Waals surface area contributed by atoms with E-state index in [1.54, 1.807) is 0 Å². The molecule has 4 nitrogen and oxygen atoms in total. The summed E-state index contributed by atoms with van der Waals surface area (Å²) < 4.78 is 7.91. The Labute approximate surface area is 121 Å². The zero-order valence-corrected chi connectivity index (χ0v) is 12.9. The number of hydrogen-bond acceptors (Lipinski definition) is 3. The molecule has 0 aromatic carbocycles. The van der Waals surface area contributed by atoms with E-state index in [1.165, 1.54) is 0 Å². The minimum atomic E-state index is 0.297. The third-order valence-corrected chi connectivity index (χ3v) is 3.52. The molecule has 4 heteroatoms. The molecule has 110 valence electrons. The topological polar surface area (TPSA) is 43.0 Å². The van der Waals surface area contributed by atoms with Crippen molar-refractivity contribution in [1.82, 2.24) is 15.1 Å². The molecule has 0 aliphatic heterocycles. The molecule has 1 N–H and O–H groups in total. The minimum absolute atomic E-state index is 0.297. The van der Waals surface area contributed by atoms with Gasteiger partial charge in [-0.25, -0.2) is 0 Å². The molecule has 2 aromatic rings. The van der Waals surface area contributed by atoms with Crippen LogP contribution in [-0.2, 0) is 13.5 Å². The van der Waals surface area contributed by atoms with E-state index in [2.05, 4.69) is 43.3 Å². The van der Waals surface area contributed by atoms with Crippen LogP contribution < -0.4 is 5.32 Å². The molecule has 0 bridgehead atoms. The van der Waals surface area contributed by atoms with Crippen molar-refractivity contribution in [2.24, 2.45) is 7.05 Å². The fourth-order valence-electron chi connectivity index (χ4n) is 2.45. The average Bonchev–Trinajstić information content (AvgIpc) is 3.06. The van der Waals surface area contributed by atoms with Crippen molar-refractivity contribution in [3.8, 4) is 11.3 Å². The molecule has 0 aliphatic carbocycles. The molecule has 2 heterocycles. The Balaban J connectivity index is 2.23. The molecule has 2 aromatic heterocycles. The summed E-state index contributed by atoms with van der Waals surface area (Å²) in [5, 5.41) is 7.99. The van der Waals surface area contributed by atoms with Gasteiger partial charge in [0.2, 0.25) is 0 Å². The van der Waals surface area contributed by atoms with E-state index in [0.29, 0.717) is 6.04 Å². The summed E-state index contributed by atoms with van der Waals surface area (Å²) in [5.41, 5.74) is 2.19. The SMILES string of the molecule is CCCNC(CC)c1ccc(-c2cn(C)nc2CC)o1. The first-order valence-electron chi connectivity index (χ1n) is 7.55. The molecule has 0 spiro atoms. The maximum Gasteiger partial charge on any atom is 0.137 e. The Morgan fingerprint density at radius 3 is 2.75 bits per heavy atom. The van der Waals surface area contributed by atoms with Gasteiger partial charge in [-0.15, -0.1) is 0 Å². The van der Waals surface area contributed by atoms with Crippen molar-refractivity contribution in [2.45, 2.75) is 46.1 Å². The Bertz CT molecular complexity index is 542. The molecule has 2 rings (SSSR count). The second kappa shape index (κ2) is 6.75. The second-order valence-electron chi connectivity index (χ2n) is 5.13.